The molecule has 0 spiro atoms. The predicted molar refractivity (Wildman–Crippen MR) is 118 cm³/mol. The maximum atomic E-state index is 13.5. The maximum absolute atomic E-state index is 13.5. The Bertz CT molecular complexity index is 1050. The number of anilines is 2. The molecular weight excluding hydrogens is 374 g/mol. The molecule has 0 saturated carbocycles. The van der Waals surface area contributed by atoms with Crippen LogP contribution in [0.5, 0.6) is 0 Å². The van der Waals surface area contributed by atoms with Crippen molar-refractivity contribution in [3.05, 3.63) is 89.6 Å². The van der Waals surface area contributed by atoms with Crippen molar-refractivity contribution < 1.29 is 9.59 Å². The average Bonchev–Trinajstić information content (AvgIpc) is 3.14. The van der Waals surface area contributed by atoms with Gasteiger partial charge in [0.1, 0.15) is 5.82 Å². The van der Waals surface area contributed by atoms with Crippen molar-refractivity contribution in [3.63, 3.8) is 0 Å². The van der Waals surface area contributed by atoms with E-state index in [1.807, 2.05) is 74.5 Å². The molecule has 1 saturated heterocycles. The molecule has 0 bridgehead atoms. The number of hydrogen-bond donors (Lipinski definition) is 0. The van der Waals surface area contributed by atoms with Gasteiger partial charge in [-0.15, -0.1) is 0 Å². The molecule has 1 unspecified atom stereocenters. The third-order valence-corrected chi connectivity index (χ3v) is 5.49. The molecule has 1 aliphatic heterocycles. The van der Waals surface area contributed by atoms with Crippen molar-refractivity contribution in [2.75, 3.05) is 16.3 Å². The van der Waals surface area contributed by atoms with Crippen LogP contribution in [0.25, 0.3) is 0 Å². The summed E-state index contributed by atoms with van der Waals surface area (Å²) in [4.78, 5) is 34.1. The molecule has 1 aromatic heterocycles. The van der Waals surface area contributed by atoms with Crippen molar-refractivity contribution in [2.45, 2.75) is 26.8 Å². The second-order valence-electron chi connectivity index (χ2n) is 7.79. The fourth-order valence-electron chi connectivity index (χ4n) is 3.99. The number of aryl methyl sites for hydroxylation is 2. The zero-order chi connectivity index (χ0) is 21.1. The molecule has 5 nitrogen and oxygen atoms in total. The highest BCUT2D eigenvalue weighted by Crippen LogP contribution is 2.30. The number of carbonyl (C=O) groups is 2. The topological polar surface area (TPSA) is 53.5 Å². The van der Waals surface area contributed by atoms with Gasteiger partial charge in [-0.2, -0.15) is 0 Å². The van der Waals surface area contributed by atoms with Gasteiger partial charge in [-0.25, -0.2) is 4.98 Å². The lowest BCUT2D eigenvalue weighted by atomic mass is 10.1. The van der Waals surface area contributed by atoms with Crippen LogP contribution in [0.1, 0.15) is 23.1 Å². The molecule has 0 N–H and O–H groups in total. The summed E-state index contributed by atoms with van der Waals surface area (Å²) >= 11 is 0. The molecule has 0 aliphatic carbocycles. The lowest BCUT2D eigenvalue weighted by Crippen LogP contribution is -2.37. The van der Waals surface area contributed by atoms with Crippen LogP contribution in [0.2, 0.25) is 0 Å². The third-order valence-electron chi connectivity index (χ3n) is 5.49. The quantitative estimate of drug-likeness (QED) is 0.643. The standard InChI is InChI=1S/C25H25N3O2/c1-18-11-12-22(19(2)14-18)27-17-21(15-24(27)29)25(30)28(23-10-6-7-13-26-23)16-20-8-4-3-5-9-20/h3-14,21H,15-17H2,1-2H3. The van der Waals surface area contributed by atoms with Gasteiger partial charge in [0.25, 0.3) is 0 Å². The Morgan fingerprint density at radius 2 is 1.83 bits per heavy atom. The van der Waals surface area contributed by atoms with Gasteiger partial charge >= 0.3 is 0 Å². The second-order valence-corrected chi connectivity index (χ2v) is 7.79. The first-order valence-electron chi connectivity index (χ1n) is 10.2. The van der Waals surface area contributed by atoms with Crippen molar-refractivity contribution in [2.24, 2.45) is 5.92 Å². The smallest absolute Gasteiger partial charge is 0.233 e. The highest BCUT2D eigenvalue weighted by Gasteiger charge is 2.38. The Hall–Kier alpha value is -3.47. The molecule has 1 fully saturated rings. The van der Waals surface area contributed by atoms with E-state index in [0.717, 1.165) is 22.4 Å². The van der Waals surface area contributed by atoms with Crippen LogP contribution in [-0.4, -0.2) is 23.3 Å². The van der Waals surface area contributed by atoms with E-state index in [0.29, 0.717) is 18.9 Å². The van der Waals surface area contributed by atoms with Crippen LogP contribution in [0.3, 0.4) is 0 Å². The summed E-state index contributed by atoms with van der Waals surface area (Å²) in [5.74, 6) is 0.117. The van der Waals surface area contributed by atoms with Crippen LogP contribution in [-0.2, 0) is 16.1 Å². The van der Waals surface area contributed by atoms with Gasteiger partial charge in [0.15, 0.2) is 0 Å². The molecule has 4 rings (SSSR count). The fraction of sp³-hybridized carbons (Fsp3) is 0.240. The van der Waals surface area contributed by atoms with Crippen molar-refractivity contribution in [1.29, 1.82) is 0 Å². The molecule has 152 valence electrons. The molecule has 2 amide bonds. The first kappa shape index (κ1) is 19.8. The van der Waals surface area contributed by atoms with Crippen molar-refractivity contribution in [1.82, 2.24) is 4.98 Å². The third kappa shape index (κ3) is 4.10. The van der Waals surface area contributed by atoms with Gasteiger partial charge in [-0.3, -0.25) is 14.5 Å². The summed E-state index contributed by atoms with van der Waals surface area (Å²) in [5.41, 5.74) is 4.10. The highest BCUT2D eigenvalue weighted by molar-refractivity contribution is 6.04. The van der Waals surface area contributed by atoms with Gasteiger partial charge in [0, 0.05) is 24.8 Å². The lowest BCUT2D eigenvalue weighted by molar-refractivity contribution is -0.124. The van der Waals surface area contributed by atoms with Crippen LogP contribution in [0, 0.1) is 19.8 Å². The Kier molecular flexibility index (Phi) is 5.61. The van der Waals surface area contributed by atoms with E-state index in [2.05, 4.69) is 11.1 Å². The summed E-state index contributed by atoms with van der Waals surface area (Å²) in [6.45, 7) is 4.84. The lowest BCUT2D eigenvalue weighted by Gasteiger charge is -2.25. The van der Waals surface area contributed by atoms with Crippen molar-refractivity contribution in [3.8, 4) is 0 Å². The molecule has 2 aromatic carbocycles. The molecule has 2 heterocycles. The minimum Gasteiger partial charge on any atom is -0.311 e. The van der Waals surface area contributed by atoms with E-state index in [1.54, 1.807) is 16.0 Å². The molecular formula is C25H25N3O2. The summed E-state index contributed by atoms with van der Waals surface area (Å²) in [7, 11) is 0. The summed E-state index contributed by atoms with van der Waals surface area (Å²) in [6.07, 6.45) is 1.90. The van der Waals surface area contributed by atoms with Crippen LogP contribution in [0.15, 0.2) is 72.9 Å². The minimum atomic E-state index is -0.399. The van der Waals surface area contributed by atoms with Crippen molar-refractivity contribution >= 4 is 23.3 Å². The second kappa shape index (κ2) is 8.49. The van der Waals surface area contributed by atoms with Gasteiger partial charge < -0.3 is 4.90 Å². The monoisotopic (exact) mass is 399 g/mol. The van der Waals surface area contributed by atoms with Crippen LogP contribution >= 0.6 is 0 Å². The summed E-state index contributed by atoms with van der Waals surface area (Å²) in [6, 6.07) is 21.4. The number of carbonyl (C=O) groups excluding carboxylic acids is 2. The molecule has 1 aliphatic rings. The molecule has 0 radical (unpaired) electrons. The van der Waals surface area contributed by atoms with E-state index < -0.39 is 5.92 Å². The van der Waals surface area contributed by atoms with Gasteiger partial charge in [-0.05, 0) is 43.2 Å². The van der Waals surface area contributed by atoms with Gasteiger partial charge in [0.05, 0.1) is 12.5 Å². The molecule has 5 heteroatoms. The number of benzene rings is 2. The minimum absolute atomic E-state index is 0.0130. The predicted octanol–water partition coefficient (Wildman–Crippen LogP) is 4.28. The largest absolute Gasteiger partial charge is 0.311 e. The Balaban J connectivity index is 1.59. The maximum Gasteiger partial charge on any atom is 0.233 e. The number of rotatable bonds is 5. The zero-order valence-corrected chi connectivity index (χ0v) is 17.3. The Morgan fingerprint density at radius 1 is 1.07 bits per heavy atom. The van der Waals surface area contributed by atoms with E-state index in [1.165, 1.54) is 0 Å². The average molecular weight is 399 g/mol. The number of nitrogens with zero attached hydrogens (tertiary/aromatic N) is 3. The normalized spacial score (nSPS) is 16.0. The number of amides is 2. The Labute approximate surface area is 177 Å². The van der Waals surface area contributed by atoms with E-state index >= 15 is 0 Å². The molecule has 30 heavy (non-hydrogen) atoms. The fourth-order valence-corrected chi connectivity index (χ4v) is 3.99. The van der Waals surface area contributed by atoms with E-state index in [-0.39, 0.29) is 18.2 Å². The SMILES string of the molecule is Cc1ccc(N2CC(C(=O)N(Cc3ccccc3)c3ccccn3)CC2=O)c(C)c1. The number of pyridine rings is 1. The van der Waals surface area contributed by atoms with Gasteiger partial charge in [0.2, 0.25) is 11.8 Å². The van der Waals surface area contributed by atoms with Crippen LogP contribution < -0.4 is 9.80 Å². The zero-order valence-electron chi connectivity index (χ0n) is 17.3. The highest BCUT2D eigenvalue weighted by atomic mass is 16.2. The Morgan fingerprint density at radius 3 is 2.53 bits per heavy atom. The van der Waals surface area contributed by atoms with Gasteiger partial charge in [-0.1, -0.05) is 54.1 Å². The summed E-state index contributed by atoms with van der Waals surface area (Å²) < 4.78 is 0. The molecule has 3 aromatic rings. The number of aromatic nitrogens is 1. The van der Waals surface area contributed by atoms with Crippen LogP contribution in [0.4, 0.5) is 11.5 Å². The summed E-state index contributed by atoms with van der Waals surface area (Å²) in [5, 5.41) is 0. The first-order chi connectivity index (χ1) is 14.5. The van der Waals surface area contributed by atoms with E-state index in [9.17, 15) is 9.59 Å². The number of hydrogen-bond acceptors (Lipinski definition) is 3. The first-order valence-corrected chi connectivity index (χ1v) is 10.2. The molecule has 1 atom stereocenters. The van der Waals surface area contributed by atoms with E-state index in [4.69, 9.17) is 0 Å².